The summed E-state index contributed by atoms with van der Waals surface area (Å²) < 4.78 is 10.2. The minimum atomic E-state index is -0.637. The van der Waals surface area contributed by atoms with Gasteiger partial charge in [-0.15, -0.1) is 0 Å². The van der Waals surface area contributed by atoms with Crippen molar-refractivity contribution >= 4 is 18.0 Å². The molecule has 0 aliphatic carbocycles. The maximum absolute atomic E-state index is 12.8. The molecule has 1 heterocycles. The van der Waals surface area contributed by atoms with E-state index in [9.17, 15) is 14.4 Å². The van der Waals surface area contributed by atoms with Crippen molar-refractivity contribution in [2.75, 3.05) is 27.2 Å². The summed E-state index contributed by atoms with van der Waals surface area (Å²) in [4.78, 5) is 40.1. The fourth-order valence-electron chi connectivity index (χ4n) is 3.36. The van der Waals surface area contributed by atoms with E-state index < -0.39 is 18.1 Å². The monoisotopic (exact) mass is 376 g/mol. The Bertz CT molecular complexity index is 662. The Kier molecular flexibility index (Phi) is 7.21. The fourth-order valence-corrected chi connectivity index (χ4v) is 3.36. The summed E-state index contributed by atoms with van der Waals surface area (Å²) in [6, 6.07) is 8.81. The van der Waals surface area contributed by atoms with Crippen LogP contribution >= 0.6 is 0 Å². The Morgan fingerprint density at radius 3 is 2.48 bits per heavy atom. The lowest BCUT2D eigenvalue weighted by Gasteiger charge is -2.30. The third-order valence-corrected chi connectivity index (χ3v) is 4.84. The molecule has 1 aromatic carbocycles. The van der Waals surface area contributed by atoms with Gasteiger partial charge in [0.25, 0.3) is 0 Å². The number of likely N-dealkylation sites (N-methyl/N-ethyl adjacent to an activating group) is 1. The smallest absolute Gasteiger partial charge is 0.410 e. The van der Waals surface area contributed by atoms with Gasteiger partial charge in [0.05, 0.1) is 13.0 Å². The number of ether oxygens (including phenoxy) is 2. The van der Waals surface area contributed by atoms with E-state index in [4.69, 9.17) is 9.47 Å². The Labute approximate surface area is 160 Å². The summed E-state index contributed by atoms with van der Waals surface area (Å²) in [7, 11) is 2.93. The number of carbonyl (C=O) groups excluding carboxylic acids is 3. The van der Waals surface area contributed by atoms with Gasteiger partial charge in [-0.2, -0.15) is 0 Å². The first kappa shape index (κ1) is 20.7. The number of benzene rings is 1. The average molecular weight is 376 g/mol. The highest BCUT2D eigenvalue weighted by Crippen LogP contribution is 2.22. The number of likely N-dealkylation sites (tertiary alicyclic amines) is 1. The maximum Gasteiger partial charge on any atom is 0.410 e. The number of nitrogens with zero attached hydrogens (tertiary/aromatic N) is 2. The lowest BCUT2D eigenvalue weighted by molar-refractivity contribution is -0.155. The highest BCUT2D eigenvalue weighted by molar-refractivity contribution is 5.86. The third kappa shape index (κ3) is 5.21. The van der Waals surface area contributed by atoms with Crippen LogP contribution in [0.1, 0.15) is 25.8 Å². The Balaban J connectivity index is 1.91. The molecule has 0 N–H and O–H groups in total. The zero-order valence-electron chi connectivity index (χ0n) is 16.4. The molecule has 1 aliphatic rings. The van der Waals surface area contributed by atoms with Crippen molar-refractivity contribution in [3.63, 3.8) is 0 Å². The van der Waals surface area contributed by atoms with Crippen LogP contribution in [0.25, 0.3) is 0 Å². The first-order valence-electron chi connectivity index (χ1n) is 9.15. The van der Waals surface area contributed by atoms with Crippen LogP contribution in [-0.4, -0.2) is 61.1 Å². The van der Waals surface area contributed by atoms with E-state index in [0.717, 1.165) is 5.56 Å². The average Bonchev–Trinajstić information content (AvgIpc) is 3.16. The minimum Gasteiger partial charge on any atom is -0.467 e. The number of amides is 2. The second-order valence-corrected chi connectivity index (χ2v) is 7.13. The van der Waals surface area contributed by atoms with Gasteiger partial charge in [0.15, 0.2) is 0 Å². The highest BCUT2D eigenvalue weighted by Gasteiger charge is 2.38. The predicted molar refractivity (Wildman–Crippen MR) is 99.7 cm³/mol. The van der Waals surface area contributed by atoms with E-state index >= 15 is 0 Å². The first-order chi connectivity index (χ1) is 12.8. The molecule has 0 bridgehead atoms. The quantitative estimate of drug-likeness (QED) is 0.712. The van der Waals surface area contributed by atoms with Gasteiger partial charge >= 0.3 is 12.1 Å². The second-order valence-electron chi connectivity index (χ2n) is 7.13. The van der Waals surface area contributed by atoms with Gasteiger partial charge in [0.1, 0.15) is 12.6 Å². The molecule has 1 fully saturated rings. The molecule has 1 saturated heterocycles. The van der Waals surface area contributed by atoms with Crippen LogP contribution in [0.4, 0.5) is 4.79 Å². The van der Waals surface area contributed by atoms with Crippen molar-refractivity contribution in [1.29, 1.82) is 0 Å². The molecule has 7 nitrogen and oxygen atoms in total. The topological polar surface area (TPSA) is 76.2 Å². The molecule has 27 heavy (non-hydrogen) atoms. The Morgan fingerprint density at radius 1 is 1.22 bits per heavy atom. The van der Waals surface area contributed by atoms with Crippen LogP contribution < -0.4 is 0 Å². The summed E-state index contributed by atoms with van der Waals surface area (Å²) in [5, 5.41) is 0. The fraction of sp³-hybridized carbons (Fsp3) is 0.550. The highest BCUT2D eigenvalue weighted by atomic mass is 16.6. The molecule has 2 atom stereocenters. The van der Waals surface area contributed by atoms with Crippen molar-refractivity contribution in [2.45, 2.75) is 32.9 Å². The van der Waals surface area contributed by atoms with Crippen molar-refractivity contribution < 1.29 is 23.9 Å². The van der Waals surface area contributed by atoms with E-state index in [1.807, 2.05) is 44.2 Å². The number of hydrogen-bond acceptors (Lipinski definition) is 5. The lowest BCUT2D eigenvalue weighted by atomic mass is 10.00. The minimum absolute atomic E-state index is 0.0697. The van der Waals surface area contributed by atoms with Gasteiger partial charge in [-0.25, -0.2) is 9.59 Å². The molecule has 0 saturated carbocycles. The molecule has 0 aromatic heterocycles. The summed E-state index contributed by atoms with van der Waals surface area (Å²) >= 11 is 0. The van der Waals surface area contributed by atoms with Crippen molar-refractivity contribution in [3.8, 4) is 0 Å². The van der Waals surface area contributed by atoms with Crippen LogP contribution in [0.3, 0.4) is 0 Å². The van der Waals surface area contributed by atoms with Gasteiger partial charge < -0.3 is 19.3 Å². The normalized spacial score (nSPS) is 17.5. The largest absolute Gasteiger partial charge is 0.467 e. The molecule has 1 aliphatic heterocycles. The first-order valence-corrected chi connectivity index (χ1v) is 9.15. The van der Waals surface area contributed by atoms with Gasteiger partial charge in [0, 0.05) is 20.1 Å². The molecule has 148 valence electrons. The number of carbonyl (C=O) groups is 3. The molecule has 0 spiro atoms. The van der Waals surface area contributed by atoms with Crippen molar-refractivity contribution in [3.05, 3.63) is 35.9 Å². The number of rotatable bonds is 6. The van der Waals surface area contributed by atoms with Gasteiger partial charge in [0.2, 0.25) is 5.91 Å². The summed E-state index contributed by atoms with van der Waals surface area (Å²) in [5.74, 6) is -1.000. The van der Waals surface area contributed by atoms with Crippen LogP contribution in [0, 0.1) is 11.8 Å². The van der Waals surface area contributed by atoms with Crippen LogP contribution in [0.15, 0.2) is 30.3 Å². The van der Waals surface area contributed by atoms with Crippen molar-refractivity contribution in [2.24, 2.45) is 11.8 Å². The predicted octanol–water partition coefficient (Wildman–Crippen LogP) is 2.30. The molecule has 1 unspecified atom stereocenters. The number of hydrogen-bond donors (Lipinski definition) is 0. The summed E-state index contributed by atoms with van der Waals surface area (Å²) in [6.07, 6.45) is 0.125. The van der Waals surface area contributed by atoms with Crippen LogP contribution in [0.2, 0.25) is 0 Å². The molecule has 0 radical (unpaired) electrons. The zero-order valence-corrected chi connectivity index (χ0v) is 16.4. The van der Waals surface area contributed by atoms with Crippen LogP contribution in [-0.2, 0) is 25.7 Å². The van der Waals surface area contributed by atoms with Crippen LogP contribution in [0.5, 0.6) is 0 Å². The van der Waals surface area contributed by atoms with Gasteiger partial charge in [-0.05, 0) is 17.9 Å². The van der Waals surface area contributed by atoms with E-state index in [1.165, 1.54) is 12.0 Å². The van der Waals surface area contributed by atoms with Crippen molar-refractivity contribution in [1.82, 2.24) is 9.80 Å². The van der Waals surface area contributed by atoms with E-state index in [2.05, 4.69) is 0 Å². The van der Waals surface area contributed by atoms with Gasteiger partial charge in [-0.3, -0.25) is 4.79 Å². The third-order valence-electron chi connectivity index (χ3n) is 4.84. The summed E-state index contributed by atoms with van der Waals surface area (Å²) in [6.45, 7) is 4.69. The number of methoxy groups -OCH3 is 1. The summed E-state index contributed by atoms with van der Waals surface area (Å²) in [5.41, 5.74) is 0.912. The molecule has 2 amide bonds. The number of esters is 1. The Morgan fingerprint density at radius 2 is 1.89 bits per heavy atom. The lowest BCUT2D eigenvalue weighted by Crippen LogP contribution is -2.48. The van der Waals surface area contributed by atoms with Gasteiger partial charge in [-0.1, -0.05) is 44.2 Å². The molecular formula is C20H28N2O5. The van der Waals surface area contributed by atoms with E-state index in [0.29, 0.717) is 19.5 Å². The van der Waals surface area contributed by atoms with E-state index in [-0.39, 0.29) is 24.3 Å². The molecular weight excluding hydrogens is 348 g/mol. The maximum atomic E-state index is 12.8. The molecule has 1 aromatic rings. The Hall–Kier alpha value is -2.57. The van der Waals surface area contributed by atoms with E-state index in [1.54, 1.807) is 11.9 Å². The zero-order chi connectivity index (χ0) is 20.0. The second kappa shape index (κ2) is 9.39. The molecule has 7 heteroatoms. The molecule has 2 rings (SSSR count). The SMILES string of the molecule is COC(=O)C(C(C)C)N(C)C(=O)[C@H]1CCN(C(=O)OCc2ccccc2)C1. The standard InChI is InChI=1S/C20H28N2O5/c1-14(2)17(19(24)26-4)21(3)18(23)16-10-11-22(12-16)20(25)27-13-15-8-6-5-7-9-15/h5-9,14,16-17H,10-13H2,1-4H3/t16-,17?/m0/s1.